The first-order chi connectivity index (χ1) is 13.4. The second kappa shape index (κ2) is 8.18. The van der Waals surface area contributed by atoms with E-state index in [-0.39, 0.29) is 5.69 Å². The number of methoxy groups -OCH3 is 1. The molecular weight excluding hydrogens is 378 g/mol. The zero-order valence-electron chi connectivity index (χ0n) is 15.7. The number of ether oxygens (including phenoxy) is 1. The van der Waals surface area contributed by atoms with E-state index in [1.165, 1.54) is 29.5 Å². The predicted molar refractivity (Wildman–Crippen MR) is 109 cm³/mol. The van der Waals surface area contributed by atoms with Crippen LogP contribution < -0.4 is 9.54 Å². The molecular formula is C20H19N3O4S. The molecule has 0 N–H and O–H groups in total. The minimum absolute atomic E-state index is 0.00624. The van der Waals surface area contributed by atoms with Crippen molar-refractivity contribution in [3.63, 3.8) is 0 Å². The van der Waals surface area contributed by atoms with E-state index < -0.39 is 10.8 Å². The van der Waals surface area contributed by atoms with E-state index in [9.17, 15) is 14.9 Å². The van der Waals surface area contributed by atoms with Gasteiger partial charge in [0.2, 0.25) is 0 Å². The Morgan fingerprint density at radius 3 is 2.61 bits per heavy atom. The van der Waals surface area contributed by atoms with Crippen molar-refractivity contribution in [2.24, 2.45) is 4.99 Å². The molecule has 3 aromatic rings. The third-order valence-electron chi connectivity index (χ3n) is 4.25. The summed E-state index contributed by atoms with van der Waals surface area (Å²) in [5, 5.41) is 10.7. The molecule has 1 aromatic heterocycles. The lowest BCUT2D eigenvalue weighted by molar-refractivity contribution is -0.384. The molecule has 0 aliphatic heterocycles. The van der Waals surface area contributed by atoms with Gasteiger partial charge in [0, 0.05) is 24.8 Å². The number of nitro groups is 1. The highest BCUT2D eigenvalue weighted by Gasteiger charge is 2.13. The van der Waals surface area contributed by atoms with Gasteiger partial charge in [-0.05, 0) is 49.2 Å². The molecule has 0 saturated carbocycles. The largest absolute Gasteiger partial charge is 0.495 e. The molecule has 3 rings (SSSR count). The molecule has 144 valence electrons. The Bertz CT molecular complexity index is 1140. The van der Waals surface area contributed by atoms with Gasteiger partial charge in [-0.2, -0.15) is 4.99 Å². The van der Waals surface area contributed by atoms with Gasteiger partial charge in [0.1, 0.15) is 11.3 Å². The molecule has 0 bridgehead atoms. The van der Waals surface area contributed by atoms with Crippen LogP contribution in [-0.2, 0) is 11.3 Å². The Balaban J connectivity index is 1.96. The van der Waals surface area contributed by atoms with Crippen LogP contribution in [0, 0.1) is 17.0 Å². The van der Waals surface area contributed by atoms with E-state index in [4.69, 9.17) is 4.74 Å². The number of fused-ring (bicyclic) bond motifs is 1. The van der Waals surface area contributed by atoms with Crippen molar-refractivity contribution in [3.8, 4) is 5.75 Å². The van der Waals surface area contributed by atoms with Crippen LogP contribution in [0.25, 0.3) is 16.3 Å². The van der Waals surface area contributed by atoms with Crippen molar-refractivity contribution in [2.75, 3.05) is 7.11 Å². The molecule has 0 saturated heterocycles. The first-order valence-corrected chi connectivity index (χ1v) is 9.44. The molecule has 1 amide bonds. The van der Waals surface area contributed by atoms with Gasteiger partial charge in [-0.3, -0.25) is 14.9 Å². The van der Waals surface area contributed by atoms with E-state index in [1.54, 1.807) is 25.3 Å². The van der Waals surface area contributed by atoms with Crippen molar-refractivity contribution in [1.29, 1.82) is 0 Å². The van der Waals surface area contributed by atoms with Crippen LogP contribution in [0.15, 0.2) is 47.5 Å². The highest BCUT2D eigenvalue weighted by atomic mass is 32.1. The van der Waals surface area contributed by atoms with Crippen LogP contribution in [0.1, 0.15) is 18.1 Å². The lowest BCUT2D eigenvalue weighted by Gasteiger charge is -2.07. The van der Waals surface area contributed by atoms with Crippen molar-refractivity contribution in [1.82, 2.24) is 4.57 Å². The van der Waals surface area contributed by atoms with Crippen molar-refractivity contribution in [3.05, 3.63) is 68.5 Å². The smallest absolute Gasteiger partial charge is 0.272 e. The molecule has 0 spiro atoms. The second-order valence-corrected chi connectivity index (χ2v) is 7.00. The van der Waals surface area contributed by atoms with Crippen molar-refractivity contribution >= 4 is 39.2 Å². The quantitative estimate of drug-likeness (QED) is 0.369. The molecule has 7 nitrogen and oxygen atoms in total. The van der Waals surface area contributed by atoms with E-state index >= 15 is 0 Å². The lowest BCUT2D eigenvalue weighted by Crippen LogP contribution is -2.15. The van der Waals surface area contributed by atoms with E-state index in [2.05, 4.69) is 4.99 Å². The molecule has 1 heterocycles. The van der Waals surface area contributed by atoms with Gasteiger partial charge in [0.05, 0.1) is 16.7 Å². The Morgan fingerprint density at radius 1 is 1.29 bits per heavy atom. The number of aromatic nitrogens is 1. The SMILES string of the molecule is CCn1c(=NC(=O)C=Cc2ccc([N+](=O)[O-])cc2)sc2c(C)ccc(OC)c21. The summed E-state index contributed by atoms with van der Waals surface area (Å²) in [6.45, 7) is 4.65. The molecule has 8 heteroatoms. The van der Waals surface area contributed by atoms with Gasteiger partial charge in [-0.15, -0.1) is 0 Å². The standard InChI is InChI=1S/C20H19N3O4S/c1-4-22-18-16(27-3)11-5-13(2)19(18)28-20(22)21-17(24)12-8-14-6-9-15(10-7-14)23(25)26/h5-12H,4H2,1-3H3. The van der Waals surface area contributed by atoms with Gasteiger partial charge >= 0.3 is 0 Å². The summed E-state index contributed by atoms with van der Waals surface area (Å²) in [5.41, 5.74) is 2.72. The average molecular weight is 397 g/mol. The fourth-order valence-electron chi connectivity index (χ4n) is 2.83. The van der Waals surface area contributed by atoms with E-state index in [0.29, 0.717) is 16.9 Å². The zero-order chi connectivity index (χ0) is 20.3. The third-order valence-corrected chi connectivity index (χ3v) is 5.46. The van der Waals surface area contributed by atoms with Gasteiger partial charge in [0.25, 0.3) is 11.6 Å². The van der Waals surface area contributed by atoms with Crippen LogP contribution in [-0.4, -0.2) is 22.5 Å². The summed E-state index contributed by atoms with van der Waals surface area (Å²) in [4.78, 5) is 27.4. The number of aryl methyl sites for hydroxylation is 2. The topological polar surface area (TPSA) is 86.7 Å². The second-order valence-electron chi connectivity index (χ2n) is 6.02. The van der Waals surface area contributed by atoms with Crippen LogP contribution in [0.3, 0.4) is 0 Å². The van der Waals surface area contributed by atoms with Crippen LogP contribution >= 0.6 is 11.3 Å². The van der Waals surface area contributed by atoms with Gasteiger partial charge in [-0.1, -0.05) is 17.4 Å². The van der Waals surface area contributed by atoms with Crippen LogP contribution in [0.4, 0.5) is 5.69 Å². The van der Waals surface area contributed by atoms with Crippen LogP contribution in [0.5, 0.6) is 5.75 Å². The number of benzene rings is 2. The van der Waals surface area contributed by atoms with Gasteiger partial charge in [0.15, 0.2) is 4.80 Å². The van der Waals surface area contributed by atoms with Crippen molar-refractivity contribution < 1.29 is 14.5 Å². The fourth-order valence-corrected chi connectivity index (χ4v) is 4.01. The number of thiazole rings is 1. The number of amides is 1. The van der Waals surface area contributed by atoms with E-state index in [1.807, 2.05) is 30.5 Å². The summed E-state index contributed by atoms with van der Waals surface area (Å²) in [5.74, 6) is 0.345. The first-order valence-electron chi connectivity index (χ1n) is 8.62. The normalized spacial score (nSPS) is 12.0. The van der Waals surface area contributed by atoms with Gasteiger partial charge in [-0.25, -0.2) is 0 Å². The molecule has 2 aromatic carbocycles. The summed E-state index contributed by atoms with van der Waals surface area (Å²) in [6.07, 6.45) is 2.95. The first kappa shape index (κ1) is 19.5. The van der Waals surface area contributed by atoms with Crippen molar-refractivity contribution in [2.45, 2.75) is 20.4 Å². The lowest BCUT2D eigenvalue weighted by atomic mass is 10.2. The Labute approximate surface area is 165 Å². The molecule has 0 radical (unpaired) electrons. The Hall–Kier alpha value is -3.26. The number of non-ortho nitro benzene ring substituents is 1. The molecule has 0 aliphatic rings. The number of hydrogen-bond acceptors (Lipinski definition) is 5. The summed E-state index contributed by atoms with van der Waals surface area (Å²) in [6, 6.07) is 9.86. The number of carbonyl (C=O) groups excluding carboxylic acids is 1. The maximum Gasteiger partial charge on any atom is 0.272 e. The van der Waals surface area contributed by atoms with Crippen LogP contribution in [0.2, 0.25) is 0 Å². The Morgan fingerprint density at radius 2 is 2.00 bits per heavy atom. The maximum atomic E-state index is 12.3. The third kappa shape index (κ3) is 3.86. The number of nitro benzene ring substituents is 1. The number of nitrogens with zero attached hydrogens (tertiary/aromatic N) is 3. The molecule has 0 unspecified atom stereocenters. The van der Waals surface area contributed by atoms with E-state index in [0.717, 1.165) is 21.5 Å². The molecule has 0 fully saturated rings. The highest BCUT2D eigenvalue weighted by Crippen LogP contribution is 2.30. The average Bonchev–Trinajstić information content (AvgIpc) is 3.06. The highest BCUT2D eigenvalue weighted by molar-refractivity contribution is 7.16. The maximum absolute atomic E-state index is 12.3. The fraction of sp³-hybridized carbons (Fsp3) is 0.200. The minimum Gasteiger partial charge on any atom is -0.495 e. The molecule has 0 atom stereocenters. The monoisotopic (exact) mass is 397 g/mol. The predicted octanol–water partition coefficient (Wildman–Crippen LogP) is 4.09. The number of rotatable bonds is 5. The zero-order valence-corrected chi connectivity index (χ0v) is 16.5. The number of hydrogen-bond donors (Lipinski definition) is 0. The Kier molecular flexibility index (Phi) is 5.70. The summed E-state index contributed by atoms with van der Waals surface area (Å²) >= 11 is 1.45. The summed E-state index contributed by atoms with van der Waals surface area (Å²) in [7, 11) is 1.62. The molecule has 0 aliphatic carbocycles. The summed E-state index contributed by atoms with van der Waals surface area (Å²) < 4.78 is 8.47. The molecule has 28 heavy (non-hydrogen) atoms. The van der Waals surface area contributed by atoms with Gasteiger partial charge < -0.3 is 9.30 Å². The minimum atomic E-state index is -0.463. The number of carbonyl (C=O) groups is 1.